The molecular formula is C11H15N3O4. The molecule has 18 heavy (non-hydrogen) atoms. The Kier molecular flexibility index (Phi) is 4.09. The van der Waals surface area contributed by atoms with Crippen molar-refractivity contribution < 1.29 is 9.90 Å². The van der Waals surface area contributed by atoms with E-state index in [1.165, 1.54) is 31.1 Å². The first-order chi connectivity index (χ1) is 8.38. The molecule has 0 bridgehead atoms. The molecule has 3 N–H and O–H groups in total. The van der Waals surface area contributed by atoms with Crippen LogP contribution in [0.5, 0.6) is 0 Å². The van der Waals surface area contributed by atoms with Crippen molar-refractivity contribution in [2.45, 2.75) is 12.8 Å². The van der Waals surface area contributed by atoms with Gasteiger partial charge in [-0.15, -0.1) is 0 Å². The fourth-order valence-electron chi connectivity index (χ4n) is 1.58. The summed E-state index contributed by atoms with van der Waals surface area (Å²) in [6, 6.07) is 0. The molecule has 1 aromatic heterocycles. The van der Waals surface area contributed by atoms with Crippen molar-refractivity contribution in [1.29, 1.82) is 0 Å². The lowest BCUT2D eigenvalue weighted by atomic mass is 10.1. The normalized spacial score (nSPS) is 11.6. The van der Waals surface area contributed by atoms with Gasteiger partial charge in [-0.1, -0.05) is 0 Å². The number of hydrogen-bond donors (Lipinski definition) is 2. The quantitative estimate of drug-likeness (QED) is 0.734. The lowest BCUT2D eigenvalue weighted by Gasteiger charge is -2.09. The number of nitrogens with zero attached hydrogens (tertiary/aromatic N) is 2. The molecule has 0 spiro atoms. The number of aromatic nitrogens is 2. The van der Waals surface area contributed by atoms with Gasteiger partial charge < -0.3 is 15.4 Å². The highest BCUT2D eigenvalue weighted by Gasteiger charge is 2.12. The number of carboxylic acids is 1. The molecule has 0 atom stereocenters. The summed E-state index contributed by atoms with van der Waals surface area (Å²) in [7, 11) is 2.87. The van der Waals surface area contributed by atoms with Crippen LogP contribution >= 0.6 is 0 Å². The van der Waals surface area contributed by atoms with Crippen molar-refractivity contribution in [3.63, 3.8) is 0 Å². The molecule has 98 valence electrons. The van der Waals surface area contributed by atoms with E-state index in [-0.39, 0.29) is 18.4 Å². The van der Waals surface area contributed by atoms with Crippen LogP contribution in [0.15, 0.2) is 22.0 Å². The maximum absolute atomic E-state index is 11.9. The molecule has 0 aromatic carbocycles. The Morgan fingerprint density at radius 1 is 1.39 bits per heavy atom. The summed E-state index contributed by atoms with van der Waals surface area (Å²) in [5.74, 6) is -0.976. The van der Waals surface area contributed by atoms with Crippen molar-refractivity contribution in [3.8, 4) is 0 Å². The highest BCUT2D eigenvalue weighted by Crippen LogP contribution is 2.14. The summed E-state index contributed by atoms with van der Waals surface area (Å²) in [5, 5.41) is 8.62. The number of aryl methyl sites for hydroxylation is 1. The molecule has 1 heterocycles. The summed E-state index contributed by atoms with van der Waals surface area (Å²) in [6.45, 7) is 0. The average molecular weight is 253 g/mol. The predicted molar refractivity (Wildman–Crippen MR) is 66.0 cm³/mol. The van der Waals surface area contributed by atoms with Gasteiger partial charge in [-0.05, 0) is 18.2 Å². The van der Waals surface area contributed by atoms with Crippen molar-refractivity contribution >= 4 is 11.5 Å². The van der Waals surface area contributed by atoms with E-state index in [1.807, 2.05) is 0 Å². The lowest BCUT2D eigenvalue weighted by Crippen LogP contribution is -2.38. The number of carboxylic acid groups (broad SMARTS) is 1. The molecule has 0 radical (unpaired) electrons. The zero-order chi connectivity index (χ0) is 13.9. The van der Waals surface area contributed by atoms with Crippen molar-refractivity contribution in [2.75, 3.05) is 0 Å². The molecule has 0 saturated heterocycles. The molecule has 7 heteroatoms. The van der Waals surface area contributed by atoms with Crippen LogP contribution in [-0.4, -0.2) is 20.2 Å². The van der Waals surface area contributed by atoms with Gasteiger partial charge in [0.1, 0.15) is 0 Å². The molecule has 1 rings (SSSR count). The van der Waals surface area contributed by atoms with Crippen LogP contribution in [-0.2, 0) is 18.9 Å². The van der Waals surface area contributed by atoms with Gasteiger partial charge in [0.15, 0.2) is 0 Å². The highest BCUT2D eigenvalue weighted by atomic mass is 16.4. The third-order valence-electron chi connectivity index (χ3n) is 2.60. The zero-order valence-corrected chi connectivity index (χ0v) is 10.2. The van der Waals surface area contributed by atoms with E-state index in [9.17, 15) is 14.4 Å². The van der Waals surface area contributed by atoms with Crippen LogP contribution in [0, 0.1) is 0 Å². The summed E-state index contributed by atoms with van der Waals surface area (Å²) in [6.07, 6.45) is 2.57. The maximum Gasteiger partial charge on any atom is 0.330 e. The SMILES string of the molecule is Cn1cc(C(=CN)CCC(=O)O)c(=O)n(C)c1=O. The number of hydrogen-bond acceptors (Lipinski definition) is 4. The highest BCUT2D eigenvalue weighted by molar-refractivity contribution is 5.72. The summed E-state index contributed by atoms with van der Waals surface area (Å²) < 4.78 is 2.21. The summed E-state index contributed by atoms with van der Waals surface area (Å²) >= 11 is 0. The van der Waals surface area contributed by atoms with Crippen LogP contribution in [0.25, 0.3) is 5.57 Å². The van der Waals surface area contributed by atoms with Gasteiger partial charge in [0, 0.05) is 26.7 Å². The van der Waals surface area contributed by atoms with Gasteiger partial charge in [0.2, 0.25) is 0 Å². The number of rotatable bonds is 4. The minimum absolute atomic E-state index is 0.130. The van der Waals surface area contributed by atoms with Crippen molar-refractivity contribution in [2.24, 2.45) is 19.8 Å². The third kappa shape index (κ3) is 2.68. The Balaban J connectivity index is 3.28. The molecule has 0 aliphatic carbocycles. The Bertz CT molecular complexity index is 610. The molecule has 0 saturated carbocycles. The maximum atomic E-state index is 11.9. The van der Waals surface area contributed by atoms with Gasteiger partial charge in [-0.2, -0.15) is 0 Å². The van der Waals surface area contributed by atoms with E-state index in [1.54, 1.807) is 0 Å². The third-order valence-corrected chi connectivity index (χ3v) is 2.60. The van der Waals surface area contributed by atoms with E-state index >= 15 is 0 Å². The van der Waals surface area contributed by atoms with Crippen molar-refractivity contribution in [3.05, 3.63) is 38.8 Å². The Labute approximate surface area is 103 Å². The van der Waals surface area contributed by atoms with Crippen molar-refractivity contribution in [1.82, 2.24) is 9.13 Å². The number of aliphatic carboxylic acids is 1. The largest absolute Gasteiger partial charge is 0.481 e. The van der Waals surface area contributed by atoms with Gasteiger partial charge in [0.25, 0.3) is 5.56 Å². The average Bonchev–Trinajstić information content (AvgIpc) is 2.33. The fourth-order valence-corrected chi connectivity index (χ4v) is 1.58. The van der Waals surface area contributed by atoms with E-state index in [0.717, 1.165) is 4.57 Å². The van der Waals surface area contributed by atoms with E-state index in [4.69, 9.17) is 10.8 Å². The number of carbonyl (C=O) groups is 1. The minimum Gasteiger partial charge on any atom is -0.481 e. The monoisotopic (exact) mass is 253 g/mol. The standard InChI is InChI=1S/C11H15N3O4/c1-13-6-8(10(17)14(2)11(13)18)7(5-12)3-4-9(15)16/h5-6H,3-4,12H2,1-2H3,(H,15,16). The van der Waals surface area contributed by atoms with E-state index in [0.29, 0.717) is 5.57 Å². The van der Waals surface area contributed by atoms with Gasteiger partial charge in [-0.25, -0.2) is 4.79 Å². The van der Waals surface area contributed by atoms with E-state index in [2.05, 4.69) is 0 Å². The smallest absolute Gasteiger partial charge is 0.330 e. The second-order valence-corrected chi connectivity index (χ2v) is 3.89. The van der Waals surface area contributed by atoms with Gasteiger partial charge in [0.05, 0.1) is 5.56 Å². The second-order valence-electron chi connectivity index (χ2n) is 3.89. The molecule has 0 aliphatic heterocycles. The predicted octanol–water partition coefficient (Wildman–Crippen LogP) is -0.752. The molecular weight excluding hydrogens is 238 g/mol. The van der Waals surface area contributed by atoms with E-state index < -0.39 is 17.2 Å². The first-order valence-electron chi connectivity index (χ1n) is 5.28. The Hall–Kier alpha value is -2.31. The second kappa shape index (κ2) is 5.35. The number of allylic oxidation sites excluding steroid dienone is 1. The Morgan fingerprint density at radius 3 is 2.50 bits per heavy atom. The minimum atomic E-state index is -0.976. The molecule has 1 aromatic rings. The lowest BCUT2D eigenvalue weighted by molar-refractivity contribution is -0.136. The summed E-state index contributed by atoms with van der Waals surface area (Å²) in [4.78, 5) is 33.9. The first kappa shape index (κ1) is 13.8. The number of nitrogens with two attached hydrogens (primary N) is 1. The topological polar surface area (TPSA) is 107 Å². The fraction of sp³-hybridized carbons (Fsp3) is 0.364. The first-order valence-corrected chi connectivity index (χ1v) is 5.28. The molecule has 0 unspecified atom stereocenters. The van der Waals surface area contributed by atoms with Crippen LogP contribution in [0.3, 0.4) is 0 Å². The van der Waals surface area contributed by atoms with Gasteiger partial charge in [-0.3, -0.25) is 14.2 Å². The van der Waals surface area contributed by atoms with Crippen LogP contribution in [0.2, 0.25) is 0 Å². The summed E-state index contributed by atoms with van der Waals surface area (Å²) in [5.41, 5.74) is 5.13. The molecule has 0 aliphatic rings. The van der Waals surface area contributed by atoms with Crippen LogP contribution in [0.4, 0.5) is 0 Å². The Morgan fingerprint density at radius 2 is 2.00 bits per heavy atom. The zero-order valence-electron chi connectivity index (χ0n) is 10.2. The molecule has 7 nitrogen and oxygen atoms in total. The van der Waals surface area contributed by atoms with Gasteiger partial charge >= 0.3 is 11.7 Å². The molecule has 0 fully saturated rings. The van der Waals surface area contributed by atoms with Crippen LogP contribution < -0.4 is 17.0 Å². The van der Waals surface area contributed by atoms with Crippen LogP contribution in [0.1, 0.15) is 18.4 Å². The molecule has 0 amide bonds.